The molecule has 0 amide bonds. The fourth-order valence-electron chi connectivity index (χ4n) is 2.20. The molecule has 2 unspecified atom stereocenters. The van der Waals surface area contributed by atoms with Gasteiger partial charge >= 0.3 is 6.18 Å². The first-order chi connectivity index (χ1) is 9.65. The number of alkyl halides is 3. The number of rotatable bonds is 6. The van der Waals surface area contributed by atoms with E-state index in [2.05, 4.69) is 31.4 Å². The van der Waals surface area contributed by atoms with Crippen molar-refractivity contribution in [1.82, 2.24) is 0 Å². The van der Waals surface area contributed by atoms with E-state index in [-0.39, 0.29) is 16.6 Å². The summed E-state index contributed by atoms with van der Waals surface area (Å²) in [5, 5.41) is 3.10. The fourth-order valence-corrected chi connectivity index (χ4v) is 2.38. The van der Waals surface area contributed by atoms with Gasteiger partial charge in [-0.1, -0.05) is 32.5 Å². The van der Waals surface area contributed by atoms with Gasteiger partial charge in [-0.05, 0) is 37.5 Å². The molecule has 1 rings (SSSR count). The normalized spacial score (nSPS) is 14.6. The highest BCUT2D eigenvalue weighted by atomic mass is 32.1. The van der Waals surface area contributed by atoms with Crippen LogP contribution in [0.1, 0.15) is 44.7 Å². The molecule has 0 aromatic heterocycles. The second-order valence-corrected chi connectivity index (χ2v) is 5.86. The Hall–Kier alpha value is -1.30. The molecule has 0 spiro atoms. The largest absolute Gasteiger partial charge is 0.417 e. The van der Waals surface area contributed by atoms with E-state index in [1.807, 2.05) is 6.92 Å². The molecule has 2 atom stereocenters. The summed E-state index contributed by atoms with van der Waals surface area (Å²) in [6.45, 7) is 6.17. The summed E-state index contributed by atoms with van der Waals surface area (Å²) in [7, 11) is 0. The quantitative estimate of drug-likeness (QED) is 0.754. The Bertz CT molecular complexity index is 500. The van der Waals surface area contributed by atoms with Crippen LogP contribution in [0.4, 0.5) is 18.9 Å². The Morgan fingerprint density at radius 1 is 1.33 bits per heavy atom. The van der Waals surface area contributed by atoms with Crippen molar-refractivity contribution in [2.24, 2.45) is 11.7 Å². The smallest absolute Gasteiger partial charge is 0.389 e. The van der Waals surface area contributed by atoms with Crippen LogP contribution >= 0.6 is 12.2 Å². The number of thiocarbonyl (C=S) groups is 1. The van der Waals surface area contributed by atoms with E-state index in [1.54, 1.807) is 6.07 Å². The van der Waals surface area contributed by atoms with Crippen molar-refractivity contribution >= 4 is 22.9 Å². The molecular formula is C15H21F3N2S. The number of benzene rings is 1. The van der Waals surface area contributed by atoms with Crippen LogP contribution in [0.5, 0.6) is 0 Å². The zero-order chi connectivity index (χ0) is 16.2. The summed E-state index contributed by atoms with van der Waals surface area (Å²) in [4.78, 5) is -0.249. The molecule has 1 aromatic rings. The van der Waals surface area contributed by atoms with Crippen LogP contribution in [0.2, 0.25) is 0 Å². The van der Waals surface area contributed by atoms with E-state index in [0.29, 0.717) is 11.6 Å². The zero-order valence-corrected chi connectivity index (χ0v) is 13.2. The second-order valence-electron chi connectivity index (χ2n) is 5.42. The van der Waals surface area contributed by atoms with Crippen LogP contribution in [-0.2, 0) is 6.18 Å². The molecule has 0 aliphatic heterocycles. The topological polar surface area (TPSA) is 38.0 Å². The Kier molecular flexibility index (Phi) is 6.01. The van der Waals surface area contributed by atoms with Crippen molar-refractivity contribution in [2.45, 2.75) is 45.8 Å². The number of anilines is 1. The summed E-state index contributed by atoms with van der Waals surface area (Å²) in [6, 6.07) is 4.07. The summed E-state index contributed by atoms with van der Waals surface area (Å²) in [5.74, 6) is 0.519. The van der Waals surface area contributed by atoms with Crippen molar-refractivity contribution in [1.29, 1.82) is 0 Å². The van der Waals surface area contributed by atoms with Gasteiger partial charge in [-0.3, -0.25) is 0 Å². The van der Waals surface area contributed by atoms with Crippen LogP contribution in [0.25, 0.3) is 0 Å². The maximum absolute atomic E-state index is 13.0. The lowest BCUT2D eigenvalue weighted by atomic mass is 9.99. The third-order valence-corrected chi connectivity index (χ3v) is 3.68. The highest BCUT2D eigenvalue weighted by Gasteiger charge is 2.34. The van der Waals surface area contributed by atoms with Gasteiger partial charge in [0.1, 0.15) is 4.99 Å². The highest BCUT2D eigenvalue weighted by molar-refractivity contribution is 7.80. The van der Waals surface area contributed by atoms with Crippen molar-refractivity contribution in [2.75, 3.05) is 5.32 Å². The van der Waals surface area contributed by atoms with Gasteiger partial charge in [-0.15, -0.1) is 0 Å². The molecule has 6 heteroatoms. The number of hydrogen-bond donors (Lipinski definition) is 2. The molecule has 0 bridgehead atoms. The van der Waals surface area contributed by atoms with Crippen molar-refractivity contribution in [3.05, 3.63) is 29.3 Å². The Balaban J connectivity index is 2.98. The third-order valence-electron chi connectivity index (χ3n) is 3.46. The van der Waals surface area contributed by atoms with Gasteiger partial charge in [0, 0.05) is 17.3 Å². The molecule has 0 heterocycles. The van der Waals surface area contributed by atoms with E-state index in [9.17, 15) is 13.2 Å². The molecule has 0 fully saturated rings. The molecule has 21 heavy (non-hydrogen) atoms. The summed E-state index contributed by atoms with van der Waals surface area (Å²) in [5.41, 5.74) is 4.85. The van der Waals surface area contributed by atoms with E-state index < -0.39 is 11.7 Å². The van der Waals surface area contributed by atoms with E-state index in [4.69, 9.17) is 5.73 Å². The molecule has 0 radical (unpaired) electrons. The summed E-state index contributed by atoms with van der Waals surface area (Å²) < 4.78 is 39.1. The number of hydrogen-bond acceptors (Lipinski definition) is 2. The fraction of sp³-hybridized carbons (Fsp3) is 0.533. The van der Waals surface area contributed by atoms with Gasteiger partial charge in [-0.2, -0.15) is 13.2 Å². The first-order valence-corrected chi connectivity index (χ1v) is 7.33. The molecular weight excluding hydrogens is 297 g/mol. The monoisotopic (exact) mass is 318 g/mol. The van der Waals surface area contributed by atoms with Gasteiger partial charge < -0.3 is 11.1 Å². The standard InChI is InChI=1S/C15H21F3N2S/c1-4-9(2)7-10(3)20-11-5-6-12(14(19)21)13(8-11)15(16,17)18/h5-6,8-10,20H,4,7H2,1-3H3,(H2,19,21). The van der Waals surface area contributed by atoms with Gasteiger partial charge in [0.2, 0.25) is 0 Å². The molecule has 2 nitrogen and oxygen atoms in total. The van der Waals surface area contributed by atoms with Gasteiger partial charge in [0.25, 0.3) is 0 Å². The predicted octanol–water partition coefficient (Wildman–Crippen LogP) is 4.58. The number of nitrogens with one attached hydrogen (secondary N) is 1. The SMILES string of the molecule is CCC(C)CC(C)Nc1ccc(C(N)=S)c(C(F)(F)F)c1. The molecule has 118 valence electrons. The molecule has 1 aromatic carbocycles. The van der Waals surface area contributed by atoms with E-state index in [1.165, 1.54) is 6.07 Å². The summed E-state index contributed by atoms with van der Waals surface area (Å²) in [6.07, 6.45) is -2.54. The van der Waals surface area contributed by atoms with Gasteiger partial charge in [0.15, 0.2) is 0 Å². The molecule has 0 saturated carbocycles. The Morgan fingerprint density at radius 2 is 1.95 bits per heavy atom. The van der Waals surface area contributed by atoms with Crippen LogP contribution in [-0.4, -0.2) is 11.0 Å². The van der Waals surface area contributed by atoms with Gasteiger partial charge in [0.05, 0.1) is 5.56 Å². The summed E-state index contributed by atoms with van der Waals surface area (Å²) >= 11 is 4.68. The van der Waals surface area contributed by atoms with Crippen molar-refractivity contribution in [3.63, 3.8) is 0 Å². The second kappa shape index (κ2) is 7.11. The van der Waals surface area contributed by atoms with Crippen molar-refractivity contribution in [3.8, 4) is 0 Å². The lowest BCUT2D eigenvalue weighted by Gasteiger charge is -2.20. The zero-order valence-electron chi connectivity index (χ0n) is 12.4. The average Bonchev–Trinajstić information content (AvgIpc) is 2.36. The van der Waals surface area contributed by atoms with Crippen LogP contribution < -0.4 is 11.1 Å². The average molecular weight is 318 g/mol. The molecule has 0 saturated heterocycles. The van der Waals surface area contributed by atoms with E-state index in [0.717, 1.165) is 18.9 Å². The molecule has 0 aliphatic rings. The van der Waals surface area contributed by atoms with E-state index >= 15 is 0 Å². The lowest BCUT2D eigenvalue weighted by molar-refractivity contribution is -0.137. The van der Waals surface area contributed by atoms with Crippen molar-refractivity contribution < 1.29 is 13.2 Å². The molecule has 0 aliphatic carbocycles. The maximum atomic E-state index is 13.0. The minimum atomic E-state index is -4.48. The van der Waals surface area contributed by atoms with Gasteiger partial charge in [-0.25, -0.2) is 0 Å². The van der Waals surface area contributed by atoms with Crippen LogP contribution in [0.3, 0.4) is 0 Å². The Morgan fingerprint density at radius 3 is 2.43 bits per heavy atom. The minimum absolute atomic E-state index is 0.0942. The maximum Gasteiger partial charge on any atom is 0.417 e. The highest BCUT2D eigenvalue weighted by Crippen LogP contribution is 2.34. The first kappa shape index (κ1) is 17.8. The number of halogens is 3. The Labute approximate surface area is 128 Å². The van der Waals surface area contributed by atoms with Crippen LogP contribution in [0.15, 0.2) is 18.2 Å². The third kappa shape index (κ3) is 5.19. The first-order valence-electron chi connectivity index (χ1n) is 6.92. The number of nitrogens with two attached hydrogens (primary N) is 1. The lowest BCUT2D eigenvalue weighted by Crippen LogP contribution is -2.21. The predicted molar refractivity (Wildman–Crippen MR) is 84.5 cm³/mol. The minimum Gasteiger partial charge on any atom is -0.389 e. The molecule has 3 N–H and O–H groups in total. The van der Waals surface area contributed by atoms with Crippen LogP contribution in [0, 0.1) is 5.92 Å².